The van der Waals surface area contributed by atoms with Gasteiger partial charge in [-0.3, -0.25) is 9.59 Å². The molecule has 1 aromatic carbocycles. The summed E-state index contributed by atoms with van der Waals surface area (Å²) < 4.78 is 10.5. The number of halogens is 2. The zero-order chi connectivity index (χ0) is 21.3. The summed E-state index contributed by atoms with van der Waals surface area (Å²) in [5.74, 6) is -0.0825. The van der Waals surface area contributed by atoms with Crippen molar-refractivity contribution in [2.45, 2.75) is 90.4 Å². The Balaban J connectivity index is 1.95. The van der Waals surface area contributed by atoms with Crippen LogP contribution >= 0.6 is 23.2 Å². The Bertz CT molecular complexity index is 605. The number of carbonyl (C=O) groups excluding carboxylic acids is 2. The van der Waals surface area contributed by atoms with Gasteiger partial charge in [-0.25, -0.2) is 0 Å². The predicted molar refractivity (Wildman–Crippen MR) is 119 cm³/mol. The Kier molecular flexibility index (Phi) is 14.7. The molecule has 0 fully saturated rings. The van der Waals surface area contributed by atoms with Crippen LogP contribution in [0, 0.1) is 0 Å². The Hall–Kier alpha value is -1.26. The first kappa shape index (κ1) is 25.8. The van der Waals surface area contributed by atoms with Crippen LogP contribution in [0.25, 0.3) is 0 Å². The fourth-order valence-electron chi connectivity index (χ4n) is 2.93. The van der Waals surface area contributed by atoms with Gasteiger partial charge in [0.1, 0.15) is 5.75 Å². The monoisotopic (exact) mass is 444 g/mol. The van der Waals surface area contributed by atoms with E-state index in [2.05, 4.69) is 6.92 Å². The maximum absolute atomic E-state index is 11.8. The van der Waals surface area contributed by atoms with Gasteiger partial charge in [0.25, 0.3) is 0 Å². The third-order valence-corrected chi connectivity index (χ3v) is 5.38. The number of ether oxygens (including phenoxy) is 2. The standard InChI is InChI=1S/C23H34Cl2O4/c1-2-3-4-5-6-7-8-12-17-28-22(26)13-10-9-11-14-23(27)29-19-15-16-20(24)21(25)18-19/h15-16,18H,2-14,17H2,1H3. The fourth-order valence-corrected chi connectivity index (χ4v) is 3.22. The molecule has 0 aromatic heterocycles. The summed E-state index contributed by atoms with van der Waals surface area (Å²) in [4.78, 5) is 23.5. The molecule has 29 heavy (non-hydrogen) atoms. The number of hydrogen-bond acceptors (Lipinski definition) is 4. The summed E-state index contributed by atoms with van der Waals surface area (Å²) in [5.41, 5.74) is 0. The minimum Gasteiger partial charge on any atom is -0.466 e. The molecule has 0 heterocycles. The summed E-state index contributed by atoms with van der Waals surface area (Å²) in [6.45, 7) is 2.74. The van der Waals surface area contributed by atoms with E-state index in [1.54, 1.807) is 12.1 Å². The minimum atomic E-state index is -0.319. The highest BCUT2D eigenvalue weighted by molar-refractivity contribution is 6.42. The first-order valence-electron chi connectivity index (χ1n) is 10.8. The van der Waals surface area contributed by atoms with E-state index in [-0.39, 0.29) is 11.9 Å². The van der Waals surface area contributed by atoms with Crippen molar-refractivity contribution in [3.05, 3.63) is 28.2 Å². The van der Waals surface area contributed by atoms with Crippen molar-refractivity contribution in [3.63, 3.8) is 0 Å². The van der Waals surface area contributed by atoms with Gasteiger partial charge in [0.15, 0.2) is 0 Å². The highest BCUT2D eigenvalue weighted by atomic mass is 35.5. The first-order valence-corrected chi connectivity index (χ1v) is 11.6. The number of rotatable bonds is 16. The molecule has 0 saturated carbocycles. The normalized spacial score (nSPS) is 10.7. The van der Waals surface area contributed by atoms with Crippen LogP contribution in [0.5, 0.6) is 5.75 Å². The molecule has 0 unspecified atom stereocenters. The minimum absolute atomic E-state index is 0.147. The highest BCUT2D eigenvalue weighted by Gasteiger charge is 2.08. The van der Waals surface area contributed by atoms with Crippen LogP contribution < -0.4 is 4.74 Å². The van der Waals surface area contributed by atoms with Crippen LogP contribution in [0.3, 0.4) is 0 Å². The molecule has 1 rings (SSSR count). The van der Waals surface area contributed by atoms with Crippen molar-refractivity contribution in [3.8, 4) is 5.75 Å². The summed E-state index contributed by atoms with van der Waals surface area (Å²) in [5, 5.41) is 0.767. The molecule has 0 radical (unpaired) electrons. The van der Waals surface area contributed by atoms with Crippen molar-refractivity contribution in [1.82, 2.24) is 0 Å². The van der Waals surface area contributed by atoms with Crippen LogP contribution in [0.15, 0.2) is 18.2 Å². The number of carbonyl (C=O) groups is 2. The Morgan fingerprint density at radius 2 is 1.34 bits per heavy atom. The molecule has 0 N–H and O–H groups in total. The number of hydrogen-bond donors (Lipinski definition) is 0. The average molecular weight is 445 g/mol. The summed E-state index contributed by atoms with van der Waals surface area (Å²) in [6.07, 6.45) is 12.7. The summed E-state index contributed by atoms with van der Waals surface area (Å²) >= 11 is 11.7. The molecule has 0 aliphatic carbocycles. The Morgan fingerprint density at radius 1 is 0.759 bits per heavy atom. The lowest BCUT2D eigenvalue weighted by molar-refractivity contribution is -0.143. The van der Waals surface area contributed by atoms with Crippen LogP contribution in [0.1, 0.15) is 90.4 Å². The zero-order valence-corrected chi connectivity index (χ0v) is 19.0. The van der Waals surface area contributed by atoms with Gasteiger partial charge < -0.3 is 9.47 Å². The van der Waals surface area contributed by atoms with Crippen molar-refractivity contribution >= 4 is 35.1 Å². The van der Waals surface area contributed by atoms with Crippen molar-refractivity contribution in [2.75, 3.05) is 6.61 Å². The second-order valence-electron chi connectivity index (χ2n) is 7.31. The first-order chi connectivity index (χ1) is 14.0. The summed E-state index contributed by atoms with van der Waals surface area (Å²) in [7, 11) is 0. The van der Waals surface area contributed by atoms with Gasteiger partial charge in [0, 0.05) is 18.9 Å². The molecule has 0 saturated heterocycles. The molecule has 6 heteroatoms. The van der Waals surface area contributed by atoms with E-state index in [1.807, 2.05) is 0 Å². The lowest BCUT2D eigenvalue weighted by atomic mass is 10.1. The molecule has 0 aliphatic heterocycles. The van der Waals surface area contributed by atoms with Gasteiger partial charge in [-0.15, -0.1) is 0 Å². The third-order valence-electron chi connectivity index (χ3n) is 4.65. The van der Waals surface area contributed by atoms with Crippen LogP contribution in [0.2, 0.25) is 10.0 Å². The molecule has 0 spiro atoms. The van der Waals surface area contributed by atoms with Crippen LogP contribution in [0.4, 0.5) is 0 Å². The van der Waals surface area contributed by atoms with Gasteiger partial charge in [-0.05, 0) is 31.4 Å². The smallest absolute Gasteiger partial charge is 0.311 e. The second kappa shape index (κ2) is 16.5. The van der Waals surface area contributed by atoms with E-state index in [0.717, 1.165) is 25.7 Å². The lowest BCUT2D eigenvalue weighted by Gasteiger charge is -2.06. The lowest BCUT2D eigenvalue weighted by Crippen LogP contribution is -2.08. The van der Waals surface area contributed by atoms with E-state index in [0.29, 0.717) is 41.7 Å². The maximum Gasteiger partial charge on any atom is 0.311 e. The average Bonchev–Trinajstić information content (AvgIpc) is 2.69. The molecular weight excluding hydrogens is 411 g/mol. The molecule has 0 atom stereocenters. The Morgan fingerprint density at radius 3 is 2.00 bits per heavy atom. The van der Waals surface area contributed by atoms with E-state index < -0.39 is 0 Å². The predicted octanol–water partition coefficient (Wildman–Crippen LogP) is 7.53. The van der Waals surface area contributed by atoms with Gasteiger partial charge >= 0.3 is 11.9 Å². The third kappa shape index (κ3) is 13.6. The second-order valence-corrected chi connectivity index (χ2v) is 8.12. The largest absolute Gasteiger partial charge is 0.466 e. The topological polar surface area (TPSA) is 52.6 Å². The van der Waals surface area contributed by atoms with Crippen LogP contribution in [-0.2, 0) is 14.3 Å². The fraction of sp³-hybridized carbons (Fsp3) is 0.652. The van der Waals surface area contributed by atoms with Crippen molar-refractivity contribution < 1.29 is 19.1 Å². The zero-order valence-electron chi connectivity index (χ0n) is 17.5. The Labute approximate surface area is 185 Å². The number of unbranched alkanes of at least 4 members (excludes halogenated alkanes) is 9. The molecule has 1 aromatic rings. The van der Waals surface area contributed by atoms with Crippen molar-refractivity contribution in [1.29, 1.82) is 0 Å². The van der Waals surface area contributed by atoms with Gasteiger partial charge in [-0.1, -0.05) is 81.5 Å². The maximum atomic E-state index is 11.8. The number of benzene rings is 1. The van der Waals surface area contributed by atoms with Crippen molar-refractivity contribution in [2.24, 2.45) is 0 Å². The van der Waals surface area contributed by atoms with E-state index >= 15 is 0 Å². The highest BCUT2D eigenvalue weighted by Crippen LogP contribution is 2.26. The molecule has 0 bridgehead atoms. The molecule has 4 nitrogen and oxygen atoms in total. The van der Waals surface area contributed by atoms with E-state index in [4.69, 9.17) is 32.7 Å². The van der Waals surface area contributed by atoms with E-state index in [9.17, 15) is 9.59 Å². The van der Waals surface area contributed by atoms with Gasteiger partial charge in [-0.2, -0.15) is 0 Å². The molecule has 0 aliphatic rings. The summed E-state index contributed by atoms with van der Waals surface area (Å²) in [6, 6.07) is 4.71. The number of esters is 2. The molecule has 164 valence electrons. The molecular formula is C23H34Cl2O4. The molecule has 0 amide bonds. The van der Waals surface area contributed by atoms with Gasteiger partial charge in [0.05, 0.1) is 16.7 Å². The van der Waals surface area contributed by atoms with E-state index in [1.165, 1.54) is 44.6 Å². The SMILES string of the molecule is CCCCCCCCCCOC(=O)CCCCCC(=O)Oc1ccc(Cl)c(Cl)c1. The quantitative estimate of drug-likeness (QED) is 0.150. The van der Waals surface area contributed by atoms with Gasteiger partial charge in [0.2, 0.25) is 0 Å². The van der Waals surface area contributed by atoms with Crippen LogP contribution in [-0.4, -0.2) is 18.5 Å².